The maximum absolute atomic E-state index is 13.0. The summed E-state index contributed by atoms with van der Waals surface area (Å²) < 4.78 is 2.00. The molecule has 0 aromatic carbocycles. The van der Waals surface area contributed by atoms with Gasteiger partial charge < -0.3 is 4.90 Å². The molecule has 2 aliphatic rings. The van der Waals surface area contributed by atoms with Crippen LogP contribution in [0.15, 0.2) is 29.9 Å². The highest BCUT2D eigenvalue weighted by Gasteiger charge is 2.30. The van der Waals surface area contributed by atoms with Gasteiger partial charge in [-0.2, -0.15) is 5.10 Å². The number of piperidine rings is 1. The first-order valence-electron chi connectivity index (χ1n) is 9.08. The molecule has 0 atom stereocenters. The number of thiophene rings is 1. The summed E-state index contributed by atoms with van der Waals surface area (Å²) in [6, 6.07) is 4.32. The van der Waals surface area contributed by atoms with Gasteiger partial charge in [-0.3, -0.25) is 9.89 Å². The molecule has 4 heterocycles. The lowest BCUT2D eigenvalue weighted by molar-refractivity contribution is 0.0690. The number of likely N-dealkylation sites (tertiary alicyclic amines) is 1. The quantitative estimate of drug-likeness (QED) is 0.767. The van der Waals surface area contributed by atoms with Crippen LogP contribution in [0.25, 0.3) is 10.6 Å². The van der Waals surface area contributed by atoms with Crippen molar-refractivity contribution < 1.29 is 4.79 Å². The van der Waals surface area contributed by atoms with Gasteiger partial charge in [-0.15, -0.1) is 16.4 Å². The first kappa shape index (κ1) is 15.7. The highest BCUT2D eigenvalue weighted by molar-refractivity contribution is 7.13. The zero-order valence-electron chi connectivity index (χ0n) is 14.3. The van der Waals surface area contributed by atoms with Crippen LogP contribution >= 0.6 is 11.3 Å². The molecule has 134 valence electrons. The molecule has 1 N–H and O–H groups in total. The molecule has 5 rings (SSSR count). The van der Waals surface area contributed by atoms with E-state index in [1.165, 1.54) is 12.8 Å². The van der Waals surface area contributed by atoms with Crippen LogP contribution in [-0.2, 0) is 0 Å². The van der Waals surface area contributed by atoms with Crippen molar-refractivity contribution in [3.05, 3.63) is 41.2 Å². The van der Waals surface area contributed by atoms with E-state index >= 15 is 0 Å². The van der Waals surface area contributed by atoms with Crippen molar-refractivity contribution in [3.8, 4) is 10.6 Å². The third kappa shape index (κ3) is 2.84. The Hall–Kier alpha value is -2.48. The zero-order valence-corrected chi connectivity index (χ0v) is 15.2. The molecule has 2 fully saturated rings. The SMILES string of the molecule is O=C(c1cn[nH]c1-c1cccs1)N1CCC(n2cc(C3CC3)nn2)CC1. The first-order chi connectivity index (χ1) is 12.8. The number of aromatic amines is 1. The molecular weight excluding hydrogens is 348 g/mol. The Morgan fingerprint density at radius 2 is 2.08 bits per heavy atom. The largest absolute Gasteiger partial charge is 0.338 e. The predicted octanol–water partition coefficient (Wildman–Crippen LogP) is 3.08. The number of H-pyrrole nitrogens is 1. The molecular formula is C18H20N6OS. The van der Waals surface area contributed by atoms with E-state index in [9.17, 15) is 4.79 Å². The molecule has 8 heteroatoms. The normalized spacial score (nSPS) is 18.4. The fraction of sp³-hybridized carbons (Fsp3) is 0.444. The third-order valence-electron chi connectivity index (χ3n) is 5.29. The van der Waals surface area contributed by atoms with E-state index in [0.29, 0.717) is 17.5 Å². The van der Waals surface area contributed by atoms with E-state index in [1.54, 1.807) is 17.5 Å². The van der Waals surface area contributed by atoms with Crippen LogP contribution in [0.1, 0.15) is 53.7 Å². The van der Waals surface area contributed by atoms with Crippen molar-refractivity contribution in [2.75, 3.05) is 13.1 Å². The summed E-state index contributed by atoms with van der Waals surface area (Å²) in [5.41, 5.74) is 2.60. The summed E-state index contributed by atoms with van der Waals surface area (Å²) in [5.74, 6) is 0.681. The number of hydrogen-bond acceptors (Lipinski definition) is 5. The average Bonchev–Trinajstić information content (AvgIpc) is 3.13. The monoisotopic (exact) mass is 368 g/mol. The summed E-state index contributed by atoms with van der Waals surface area (Å²) in [7, 11) is 0. The molecule has 1 amide bonds. The topological polar surface area (TPSA) is 79.7 Å². The maximum atomic E-state index is 13.0. The molecule has 1 aliphatic carbocycles. The Morgan fingerprint density at radius 3 is 2.81 bits per heavy atom. The Morgan fingerprint density at radius 1 is 1.23 bits per heavy atom. The Bertz CT molecular complexity index is 902. The third-order valence-corrected chi connectivity index (χ3v) is 6.17. The van der Waals surface area contributed by atoms with E-state index in [1.807, 2.05) is 27.1 Å². The van der Waals surface area contributed by atoms with Crippen LogP contribution in [0.3, 0.4) is 0 Å². The number of aromatic nitrogens is 5. The molecule has 1 saturated heterocycles. The molecule has 1 aliphatic heterocycles. The van der Waals surface area contributed by atoms with E-state index < -0.39 is 0 Å². The summed E-state index contributed by atoms with van der Waals surface area (Å²) in [6.45, 7) is 1.47. The first-order valence-corrected chi connectivity index (χ1v) is 9.96. The van der Waals surface area contributed by atoms with Crippen molar-refractivity contribution in [2.45, 2.75) is 37.6 Å². The number of amides is 1. The average molecular weight is 368 g/mol. The summed E-state index contributed by atoms with van der Waals surface area (Å²) >= 11 is 1.61. The lowest BCUT2D eigenvalue weighted by atomic mass is 10.0. The lowest BCUT2D eigenvalue weighted by Gasteiger charge is -2.31. The second-order valence-electron chi connectivity index (χ2n) is 7.06. The van der Waals surface area contributed by atoms with E-state index in [4.69, 9.17) is 0 Å². The van der Waals surface area contributed by atoms with Crippen LogP contribution in [-0.4, -0.2) is 49.1 Å². The molecule has 7 nitrogen and oxygen atoms in total. The molecule has 3 aromatic heterocycles. The molecule has 3 aromatic rings. The van der Waals surface area contributed by atoms with Crippen LogP contribution in [0.4, 0.5) is 0 Å². The second-order valence-corrected chi connectivity index (χ2v) is 8.00. The predicted molar refractivity (Wildman–Crippen MR) is 98.1 cm³/mol. The van der Waals surface area contributed by atoms with Crippen LogP contribution in [0.2, 0.25) is 0 Å². The summed E-state index contributed by atoms with van der Waals surface area (Å²) in [4.78, 5) is 15.9. The van der Waals surface area contributed by atoms with Crippen molar-refractivity contribution in [1.29, 1.82) is 0 Å². The summed E-state index contributed by atoms with van der Waals surface area (Å²) in [5, 5.41) is 17.7. The van der Waals surface area contributed by atoms with Crippen molar-refractivity contribution in [1.82, 2.24) is 30.1 Å². The van der Waals surface area contributed by atoms with Crippen LogP contribution < -0.4 is 0 Å². The molecule has 0 unspecified atom stereocenters. The van der Waals surface area contributed by atoms with E-state index in [2.05, 4.69) is 26.7 Å². The summed E-state index contributed by atoms with van der Waals surface area (Å²) in [6.07, 6.45) is 8.04. The maximum Gasteiger partial charge on any atom is 0.257 e. The number of hydrogen-bond donors (Lipinski definition) is 1. The number of nitrogens with one attached hydrogen (secondary N) is 1. The Kier molecular flexibility index (Phi) is 3.85. The highest BCUT2D eigenvalue weighted by atomic mass is 32.1. The number of nitrogens with zero attached hydrogens (tertiary/aromatic N) is 5. The van der Waals surface area contributed by atoms with Gasteiger partial charge in [-0.05, 0) is 37.1 Å². The van der Waals surface area contributed by atoms with Crippen LogP contribution in [0, 0.1) is 0 Å². The van der Waals surface area contributed by atoms with Crippen molar-refractivity contribution in [3.63, 3.8) is 0 Å². The van der Waals surface area contributed by atoms with E-state index in [0.717, 1.165) is 42.2 Å². The zero-order chi connectivity index (χ0) is 17.5. The molecule has 0 radical (unpaired) electrons. The van der Waals surface area contributed by atoms with Gasteiger partial charge in [0.1, 0.15) is 0 Å². The van der Waals surface area contributed by atoms with Gasteiger partial charge in [0.25, 0.3) is 5.91 Å². The molecule has 26 heavy (non-hydrogen) atoms. The van der Waals surface area contributed by atoms with Gasteiger partial charge in [0.15, 0.2) is 0 Å². The fourth-order valence-corrected chi connectivity index (χ4v) is 4.33. The smallest absolute Gasteiger partial charge is 0.257 e. The minimum absolute atomic E-state index is 0.0536. The Labute approximate surface area is 155 Å². The second kappa shape index (κ2) is 6.35. The van der Waals surface area contributed by atoms with Crippen LogP contribution in [0.5, 0.6) is 0 Å². The Balaban J connectivity index is 1.26. The van der Waals surface area contributed by atoms with Crippen molar-refractivity contribution in [2.24, 2.45) is 0 Å². The molecule has 0 spiro atoms. The number of rotatable bonds is 4. The number of carbonyl (C=O) groups excluding carboxylic acids is 1. The van der Waals surface area contributed by atoms with Gasteiger partial charge >= 0.3 is 0 Å². The van der Waals surface area contributed by atoms with Gasteiger partial charge in [0.2, 0.25) is 0 Å². The van der Waals surface area contributed by atoms with Gasteiger partial charge in [-0.1, -0.05) is 11.3 Å². The van der Waals surface area contributed by atoms with E-state index in [-0.39, 0.29) is 5.91 Å². The van der Waals surface area contributed by atoms with Crippen molar-refractivity contribution >= 4 is 17.2 Å². The minimum atomic E-state index is 0.0536. The minimum Gasteiger partial charge on any atom is -0.338 e. The lowest BCUT2D eigenvalue weighted by Crippen LogP contribution is -2.39. The van der Waals surface area contributed by atoms with Gasteiger partial charge in [-0.25, -0.2) is 4.68 Å². The molecule has 0 bridgehead atoms. The van der Waals surface area contributed by atoms with Gasteiger partial charge in [0, 0.05) is 25.2 Å². The fourth-order valence-electron chi connectivity index (χ4n) is 3.60. The number of carbonyl (C=O) groups is 1. The highest BCUT2D eigenvalue weighted by Crippen LogP contribution is 2.39. The van der Waals surface area contributed by atoms with Gasteiger partial charge in [0.05, 0.1) is 34.1 Å². The molecule has 1 saturated carbocycles. The standard InChI is InChI=1S/C18H20N6OS/c25-18(14-10-19-21-17(14)16-2-1-9-26-16)23-7-5-13(6-8-23)24-11-15(20-22-24)12-3-4-12/h1-2,9-13H,3-8H2,(H,19,21).